The molecule has 4 nitrogen and oxygen atoms in total. The van der Waals surface area contributed by atoms with Crippen molar-refractivity contribution in [2.45, 2.75) is 31.3 Å². The molecule has 4 rings (SSSR count). The summed E-state index contributed by atoms with van der Waals surface area (Å²) in [5.74, 6) is 1.44. The highest BCUT2D eigenvalue weighted by molar-refractivity contribution is 5.33. The molecule has 0 aromatic heterocycles. The monoisotopic (exact) mass is 324 g/mol. The van der Waals surface area contributed by atoms with Gasteiger partial charge in [-0.05, 0) is 18.1 Å². The number of para-hydroxylation sites is 1. The zero-order valence-corrected chi connectivity index (χ0v) is 13.9. The number of methoxy groups -OCH3 is 1. The first-order valence-electron chi connectivity index (χ1n) is 8.64. The molecule has 2 aromatic rings. The Balaban J connectivity index is 1.54. The minimum absolute atomic E-state index is 0.158. The third-order valence-corrected chi connectivity index (χ3v) is 5.18. The minimum atomic E-state index is 0.158. The number of fused-ring (bicyclic) bond motifs is 1. The second-order valence-corrected chi connectivity index (χ2v) is 6.52. The number of hydrogen-bond acceptors (Lipinski definition) is 4. The molecule has 0 spiro atoms. The number of rotatable bonds is 5. The van der Waals surface area contributed by atoms with E-state index in [0.717, 1.165) is 25.3 Å². The van der Waals surface area contributed by atoms with Crippen LogP contribution in [0.2, 0.25) is 0 Å². The molecule has 2 saturated heterocycles. The summed E-state index contributed by atoms with van der Waals surface area (Å²) in [5, 5.41) is 7.44. The van der Waals surface area contributed by atoms with Crippen molar-refractivity contribution in [1.29, 1.82) is 0 Å². The van der Waals surface area contributed by atoms with Crippen LogP contribution in [0.5, 0.6) is 5.75 Å². The molecule has 2 fully saturated rings. The fourth-order valence-corrected chi connectivity index (χ4v) is 3.98. The van der Waals surface area contributed by atoms with Crippen LogP contribution in [0.3, 0.4) is 0 Å². The summed E-state index contributed by atoms with van der Waals surface area (Å²) in [7, 11) is 1.73. The third-order valence-electron chi connectivity index (χ3n) is 5.18. The van der Waals surface area contributed by atoms with Gasteiger partial charge in [-0.3, -0.25) is 5.32 Å². The van der Waals surface area contributed by atoms with Gasteiger partial charge in [0, 0.05) is 30.7 Å². The lowest BCUT2D eigenvalue weighted by molar-refractivity contribution is 0.0805. The average molecular weight is 324 g/mol. The lowest BCUT2D eigenvalue weighted by atomic mass is 9.92. The molecule has 2 aromatic carbocycles. The molecule has 4 atom stereocenters. The summed E-state index contributed by atoms with van der Waals surface area (Å²) < 4.78 is 11.4. The van der Waals surface area contributed by atoms with Gasteiger partial charge in [0.05, 0.1) is 13.2 Å². The van der Waals surface area contributed by atoms with Crippen LogP contribution in [-0.4, -0.2) is 26.0 Å². The Labute approximate surface area is 143 Å². The van der Waals surface area contributed by atoms with Crippen molar-refractivity contribution < 1.29 is 9.47 Å². The molecule has 0 bridgehead atoms. The number of ether oxygens (including phenoxy) is 2. The van der Waals surface area contributed by atoms with E-state index in [4.69, 9.17) is 9.47 Å². The van der Waals surface area contributed by atoms with Gasteiger partial charge in [0.25, 0.3) is 0 Å². The van der Waals surface area contributed by atoms with E-state index < -0.39 is 0 Å². The minimum Gasteiger partial charge on any atom is -0.496 e. The maximum absolute atomic E-state index is 5.88. The zero-order valence-electron chi connectivity index (χ0n) is 13.9. The van der Waals surface area contributed by atoms with E-state index in [1.165, 1.54) is 11.1 Å². The molecule has 126 valence electrons. The summed E-state index contributed by atoms with van der Waals surface area (Å²) in [5.41, 5.74) is 2.50. The smallest absolute Gasteiger partial charge is 0.123 e. The highest BCUT2D eigenvalue weighted by Gasteiger charge is 2.46. The first-order valence-corrected chi connectivity index (χ1v) is 8.64. The molecule has 0 saturated carbocycles. The van der Waals surface area contributed by atoms with Crippen LogP contribution in [0.15, 0.2) is 54.6 Å². The summed E-state index contributed by atoms with van der Waals surface area (Å²) in [6.07, 6.45) is 1.26. The Kier molecular flexibility index (Phi) is 4.52. The van der Waals surface area contributed by atoms with E-state index in [1.807, 2.05) is 12.1 Å². The van der Waals surface area contributed by atoms with E-state index in [0.29, 0.717) is 12.0 Å². The van der Waals surface area contributed by atoms with Crippen molar-refractivity contribution in [3.05, 3.63) is 65.7 Å². The first kappa shape index (κ1) is 15.6. The standard InChI is InChI=1S/C20H24N2O2/c1-23-17-10-6-5-9-15(17)13-21-19-16-11-12-24-20(16)22-18(19)14-7-3-2-4-8-14/h2-10,16,18-22H,11-13H2,1H3. The first-order chi connectivity index (χ1) is 11.9. The van der Waals surface area contributed by atoms with Crippen molar-refractivity contribution in [2.75, 3.05) is 13.7 Å². The van der Waals surface area contributed by atoms with Crippen LogP contribution in [-0.2, 0) is 11.3 Å². The van der Waals surface area contributed by atoms with E-state index >= 15 is 0 Å². The Bertz CT molecular complexity index is 676. The number of nitrogens with one attached hydrogen (secondary N) is 2. The molecular formula is C20H24N2O2. The van der Waals surface area contributed by atoms with Gasteiger partial charge < -0.3 is 14.8 Å². The molecule has 2 aliphatic rings. The van der Waals surface area contributed by atoms with Gasteiger partial charge >= 0.3 is 0 Å². The summed E-state index contributed by atoms with van der Waals surface area (Å²) in [6, 6.07) is 19.5. The molecule has 4 heteroatoms. The SMILES string of the molecule is COc1ccccc1CNC1C(c2ccccc2)NC2OCCC21. The van der Waals surface area contributed by atoms with E-state index in [-0.39, 0.29) is 12.3 Å². The van der Waals surface area contributed by atoms with Crippen LogP contribution in [0.1, 0.15) is 23.6 Å². The molecule has 4 unspecified atom stereocenters. The van der Waals surface area contributed by atoms with E-state index in [2.05, 4.69) is 53.1 Å². The van der Waals surface area contributed by atoms with Crippen LogP contribution in [0.25, 0.3) is 0 Å². The Morgan fingerprint density at radius 1 is 1.12 bits per heavy atom. The third kappa shape index (κ3) is 2.93. The van der Waals surface area contributed by atoms with Crippen LogP contribution in [0.4, 0.5) is 0 Å². The average Bonchev–Trinajstić information content (AvgIpc) is 3.22. The highest BCUT2D eigenvalue weighted by atomic mass is 16.5. The summed E-state index contributed by atoms with van der Waals surface area (Å²) >= 11 is 0. The van der Waals surface area contributed by atoms with Gasteiger partial charge in [-0.25, -0.2) is 0 Å². The van der Waals surface area contributed by atoms with Gasteiger partial charge in [0.2, 0.25) is 0 Å². The molecular weight excluding hydrogens is 300 g/mol. The van der Waals surface area contributed by atoms with Gasteiger partial charge in [-0.15, -0.1) is 0 Å². The molecule has 24 heavy (non-hydrogen) atoms. The van der Waals surface area contributed by atoms with E-state index in [1.54, 1.807) is 7.11 Å². The predicted octanol–water partition coefficient (Wildman–Crippen LogP) is 2.86. The second-order valence-electron chi connectivity index (χ2n) is 6.52. The molecule has 0 aliphatic carbocycles. The molecule has 2 aliphatic heterocycles. The number of benzene rings is 2. The van der Waals surface area contributed by atoms with Crippen LogP contribution >= 0.6 is 0 Å². The molecule has 0 amide bonds. The largest absolute Gasteiger partial charge is 0.496 e. The highest BCUT2D eigenvalue weighted by Crippen LogP contribution is 2.38. The fraction of sp³-hybridized carbons (Fsp3) is 0.400. The lowest BCUT2D eigenvalue weighted by Crippen LogP contribution is -2.38. The van der Waals surface area contributed by atoms with Crippen molar-refractivity contribution in [3.8, 4) is 5.75 Å². The molecule has 2 N–H and O–H groups in total. The normalized spacial score (nSPS) is 28.7. The summed E-state index contributed by atoms with van der Waals surface area (Å²) in [4.78, 5) is 0. The molecule has 0 radical (unpaired) electrons. The second kappa shape index (κ2) is 6.93. The van der Waals surface area contributed by atoms with Gasteiger partial charge in [0.15, 0.2) is 0 Å². The van der Waals surface area contributed by atoms with Crippen molar-refractivity contribution >= 4 is 0 Å². The predicted molar refractivity (Wildman–Crippen MR) is 93.8 cm³/mol. The number of hydrogen-bond donors (Lipinski definition) is 2. The maximum atomic E-state index is 5.88. The van der Waals surface area contributed by atoms with Crippen molar-refractivity contribution in [3.63, 3.8) is 0 Å². The Hall–Kier alpha value is -1.88. The topological polar surface area (TPSA) is 42.5 Å². The van der Waals surface area contributed by atoms with Gasteiger partial charge in [-0.2, -0.15) is 0 Å². The van der Waals surface area contributed by atoms with Crippen molar-refractivity contribution in [1.82, 2.24) is 10.6 Å². The quantitative estimate of drug-likeness (QED) is 0.887. The van der Waals surface area contributed by atoms with Gasteiger partial charge in [0.1, 0.15) is 12.0 Å². The van der Waals surface area contributed by atoms with Gasteiger partial charge in [-0.1, -0.05) is 48.5 Å². The Morgan fingerprint density at radius 3 is 2.75 bits per heavy atom. The molecule has 2 heterocycles. The Morgan fingerprint density at radius 2 is 1.92 bits per heavy atom. The lowest BCUT2D eigenvalue weighted by Gasteiger charge is -2.25. The fourth-order valence-electron chi connectivity index (χ4n) is 3.98. The summed E-state index contributed by atoms with van der Waals surface area (Å²) in [6.45, 7) is 1.64. The van der Waals surface area contributed by atoms with Crippen LogP contribution in [0, 0.1) is 5.92 Å². The maximum Gasteiger partial charge on any atom is 0.123 e. The zero-order chi connectivity index (χ0) is 16.4. The van der Waals surface area contributed by atoms with Crippen LogP contribution < -0.4 is 15.4 Å². The van der Waals surface area contributed by atoms with E-state index in [9.17, 15) is 0 Å². The van der Waals surface area contributed by atoms with Crippen molar-refractivity contribution in [2.24, 2.45) is 5.92 Å².